The Morgan fingerprint density at radius 3 is 2.00 bits per heavy atom. The van der Waals surface area contributed by atoms with Crippen LogP contribution in [0.1, 0.15) is 22.3 Å². The first-order valence-electron chi connectivity index (χ1n) is 12.8. The van der Waals surface area contributed by atoms with E-state index in [0.29, 0.717) is 5.56 Å². The van der Waals surface area contributed by atoms with Crippen molar-refractivity contribution in [1.82, 2.24) is 0 Å². The third-order valence-corrected chi connectivity index (χ3v) is 10.4. The molecule has 7 nitrogen and oxygen atoms in total. The number of para-hydroxylation sites is 1. The normalized spacial score (nSPS) is 13.0. The van der Waals surface area contributed by atoms with Gasteiger partial charge in [-0.3, -0.25) is 0 Å². The summed E-state index contributed by atoms with van der Waals surface area (Å²) in [5, 5.41) is 11.0. The Labute approximate surface area is 239 Å². The van der Waals surface area contributed by atoms with Crippen LogP contribution in [0.3, 0.4) is 0 Å². The number of ether oxygens (including phenoxy) is 2. The summed E-state index contributed by atoms with van der Waals surface area (Å²) in [6, 6.07) is 20.8. The third kappa shape index (κ3) is 5.26. The van der Waals surface area contributed by atoms with Crippen molar-refractivity contribution < 1.29 is 31.4 Å². The van der Waals surface area contributed by atoms with Gasteiger partial charge in [0.25, 0.3) is 0 Å². The number of allylic oxidation sites excluding steroid dienone is 2. The molecule has 9 heteroatoms. The fourth-order valence-electron chi connectivity index (χ4n) is 4.73. The zero-order valence-corrected chi connectivity index (χ0v) is 23.7. The van der Waals surface area contributed by atoms with Crippen molar-refractivity contribution in [2.24, 2.45) is 0 Å². The first kappa shape index (κ1) is 28.2. The topological polar surface area (TPSA) is 107 Å². The van der Waals surface area contributed by atoms with Crippen molar-refractivity contribution in [3.05, 3.63) is 126 Å². The number of rotatable bonds is 8. The van der Waals surface area contributed by atoms with Crippen LogP contribution in [0.4, 0.5) is 0 Å². The molecule has 0 aliphatic carbocycles. The molecule has 4 bridgehead atoms. The minimum Gasteiger partial charge on any atom is -0.506 e. The summed E-state index contributed by atoms with van der Waals surface area (Å²) >= 11 is 0. The Balaban J connectivity index is 1.86. The van der Waals surface area contributed by atoms with Crippen molar-refractivity contribution in [2.45, 2.75) is 45.6 Å². The van der Waals surface area contributed by atoms with Crippen molar-refractivity contribution in [1.29, 1.82) is 0 Å². The van der Waals surface area contributed by atoms with Gasteiger partial charge in [-0.25, -0.2) is 16.8 Å². The van der Waals surface area contributed by atoms with E-state index >= 15 is 0 Å². The third-order valence-electron chi connectivity index (χ3n) is 6.75. The average molecular weight is 589 g/mol. The van der Waals surface area contributed by atoms with Gasteiger partial charge in [0.2, 0.25) is 19.7 Å². The molecular weight excluding hydrogens is 560 g/mol. The van der Waals surface area contributed by atoms with Crippen molar-refractivity contribution in [3.8, 4) is 17.2 Å². The van der Waals surface area contributed by atoms with Gasteiger partial charge in [0.05, 0.1) is 4.90 Å². The standard InChI is InChI=1S/C32H28O7S2/c1-3-9-24-11-8-14-28(30(24)33)41(36,37)32-26(10-4-2)31-29(40(34,35)25-12-6-5-7-13-25)19-27(32)38-20-22-15-17-23(18-16-22)21-39-31/h3-8,11-19,33H,1-2,9-10,20-21H2. The van der Waals surface area contributed by atoms with Crippen LogP contribution in [0, 0.1) is 0 Å². The Kier molecular flexibility index (Phi) is 7.75. The van der Waals surface area contributed by atoms with Crippen molar-refractivity contribution in [2.75, 3.05) is 0 Å². The number of aromatic hydroxyl groups is 1. The van der Waals surface area contributed by atoms with Crippen LogP contribution in [-0.4, -0.2) is 21.9 Å². The van der Waals surface area contributed by atoms with Gasteiger partial charge in [-0.15, -0.1) is 13.2 Å². The summed E-state index contributed by atoms with van der Waals surface area (Å²) in [6.07, 6.45) is 3.22. The Morgan fingerprint density at radius 1 is 0.732 bits per heavy atom. The molecule has 8 rings (SSSR count). The van der Waals surface area contributed by atoms with E-state index in [0.717, 1.165) is 11.1 Å². The number of benzene rings is 4. The molecule has 1 N–H and O–H groups in total. The lowest BCUT2D eigenvalue weighted by molar-refractivity contribution is 0.277. The molecule has 0 spiro atoms. The second-order valence-electron chi connectivity index (χ2n) is 9.47. The average Bonchev–Trinajstić information content (AvgIpc) is 2.96. The van der Waals surface area contributed by atoms with Crippen LogP contribution in [0.25, 0.3) is 0 Å². The fraction of sp³-hybridized carbons (Fsp3) is 0.125. The van der Waals surface area contributed by atoms with Crippen molar-refractivity contribution >= 4 is 19.7 Å². The first-order valence-corrected chi connectivity index (χ1v) is 15.8. The van der Waals surface area contributed by atoms with E-state index in [9.17, 15) is 21.9 Å². The number of hydrogen-bond acceptors (Lipinski definition) is 7. The highest BCUT2D eigenvalue weighted by Gasteiger charge is 2.36. The zero-order valence-electron chi connectivity index (χ0n) is 22.1. The van der Waals surface area contributed by atoms with Crippen LogP contribution in [-0.2, 0) is 45.7 Å². The number of phenolic OH excluding ortho intramolecular Hbond substituents is 1. The maximum Gasteiger partial charge on any atom is 0.214 e. The monoisotopic (exact) mass is 588 g/mol. The smallest absolute Gasteiger partial charge is 0.214 e. The predicted molar refractivity (Wildman–Crippen MR) is 155 cm³/mol. The highest BCUT2D eigenvalue weighted by Crippen LogP contribution is 2.46. The molecule has 41 heavy (non-hydrogen) atoms. The molecule has 4 aromatic rings. The summed E-state index contributed by atoms with van der Waals surface area (Å²) in [5.41, 5.74) is 1.94. The SMILES string of the molecule is C=CCc1cccc(S(=O)(=O)c2c3cc(S(=O)(=O)c4ccccc4)c(c2CC=C)OCc2ccc(cc2)CO3)c1O. The zero-order chi connectivity index (χ0) is 29.2. The quantitative estimate of drug-likeness (QED) is 0.252. The first-order chi connectivity index (χ1) is 19.7. The Bertz CT molecular complexity index is 1840. The van der Waals surface area contributed by atoms with Gasteiger partial charge < -0.3 is 14.6 Å². The summed E-state index contributed by atoms with van der Waals surface area (Å²) in [4.78, 5) is -0.845. The lowest BCUT2D eigenvalue weighted by Gasteiger charge is -2.23. The van der Waals surface area contributed by atoms with E-state index in [1.165, 1.54) is 36.4 Å². The van der Waals surface area contributed by atoms with Crippen molar-refractivity contribution in [3.63, 3.8) is 0 Å². The van der Waals surface area contributed by atoms with Gasteiger partial charge in [0.15, 0.2) is 0 Å². The highest BCUT2D eigenvalue weighted by atomic mass is 32.2. The van der Waals surface area contributed by atoms with Gasteiger partial charge >= 0.3 is 0 Å². The maximum atomic E-state index is 14.4. The van der Waals surface area contributed by atoms with Gasteiger partial charge in [-0.2, -0.15) is 0 Å². The lowest BCUT2D eigenvalue weighted by Crippen LogP contribution is -2.16. The molecule has 0 atom stereocenters. The number of sulfone groups is 2. The summed E-state index contributed by atoms with van der Waals surface area (Å²) in [6.45, 7) is 7.43. The van der Waals surface area contributed by atoms with E-state index in [1.54, 1.807) is 30.3 Å². The Morgan fingerprint density at radius 2 is 1.37 bits per heavy atom. The molecule has 210 valence electrons. The molecular formula is C32H28O7S2. The summed E-state index contributed by atoms with van der Waals surface area (Å²) in [5.74, 6) is -0.713. The van der Waals surface area contributed by atoms with E-state index in [4.69, 9.17) is 9.47 Å². The molecule has 0 aromatic heterocycles. The maximum absolute atomic E-state index is 14.4. The largest absolute Gasteiger partial charge is 0.506 e. The summed E-state index contributed by atoms with van der Waals surface area (Å²) in [7, 11) is -8.66. The Hall–Kier alpha value is -4.34. The molecule has 4 aromatic carbocycles. The number of hydrogen-bond donors (Lipinski definition) is 1. The lowest BCUT2D eigenvalue weighted by atomic mass is 10.1. The summed E-state index contributed by atoms with van der Waals surface area (Å²) < 4.78 is 69.0. The second-order valence-corrected chi connectivity index (χ2v) is 13.2. The molecule has 0 amide bonds. The predicted octanol–water partition coefficient (Wildman–Crippen LogP) is 5.99. The molecule has 4 heterocycles. The van der Waals surface area contributed by atoms with Gasteiger partial charge in [0, 0.05) is 11.6 Å². The molecule has 0 saturated carbocycles. The molecule has 0 unspecified atom stereocenters. The van der Waals surface area contributed by atoms with Crippen LogP contribution in [0.15, 0.2) is 124 Å². The van der Waals surface area contributed by atoms with E-state index in [-0.39, 0.29) is 62.7 Å². The van der Waals surface area contributed by atoms with E-state index in [2.05, 4.69) is 13.2 Å². The van der Waals surface area contributed by atoms with Crippen LogP contribution < -0.4 is 9.47 Å². The molecule has 4 aliphatic rings. The molecule has 0 radical (unpaired) electrons. The molecule has 0 fully saturated rings. The van der Waals surface area contributed by atoms with Crippen LogP contribution in [0.5, 0.6) is 17.2 Å². The minimum absolute atomic E-state index is 0.0124. The minimum atomic E-state index is -4.48. The highest BCUT2D eigenvalue weighted by molar-refractivity contribution is 7.92. The van der Waals surface area contributed by atoms with E-state index < -0.39 is 25.4 Å². The van der Waals surface area contributed by atoms with Gasteiger partial charge in [-0.05, 0) is 47.7 Å². The van der Waals surface area contributed by atoms with Crippen LogP contribution in [0.2, 0.25) is 0 Å². The van der Waals surface area contributed by atoms with E-state index in [1.807, 2.05) is 24.3 Å². The second kappa shape index (κ2) is 11.3. The van der Waals surface area contributed by atoms with Gasteiger partial charge in [0.1, 0.15) is 45.1 Å². The molecule has 4 aliphatic heterocycles. The molecule has 0 saturated heterocycles. The van der Waals surface area contributed by atoms with Crippen LogP contribution >= 0.6 is 0 Å². The van der Waals surface area contributed by atoms with Gasteiger partial charge in [-0.1, -0.05) is 66.7 Å². The number of phenols is 1. The fourth-order valence-corrected chi connectivity index (χ4v) is 7.93.